The molecule has 3 aliphatic rings. The van der Waals surface area contributed by atoms with Gasteiger partial charge in [-0.1, -0.05) is 50.1 Å². The number of piperidine rings is 2. The molecular weight excluding hydrogens is 464 g/mol. The second-order valence-electron chi connectivity index (χ2n) is 11.3. The van der Waals surface area contributed by atoms with Gasteiger partial charge in [0.15, 0.2) is 5.11 Å². The molecule has 2 aliphatic heterocycles. The standard InChI is InChI=1S/C29H42N6S/c1-22-13-18-34(19-14-22)25-20-26(35-17-9-6-10-23(35)2)32-27(31-25)33-28(36)30-21-29(15-7-8-16-29)24-11-4-3-5-12-24/h3-5,11-12,20,22-23H,6-10,13-19,21H2,1-2H3,(H2,30,31,32,33,36). The van der Waals surface area contributed by atoms with E-state index in [1.54, 1.807) is 0 Å². The molecule has 0 amide bonds. The maximum atomic E-state index is 5.78. The molecule has 1 aromatic carbocycles. The Morgan fingerprint density at radius 3 is 2.39 bits per heavy atom. The van der Waals surface area contributed by atoms with E-state index in [9.17, 15) is 0 Å². The Labute approximate surface area is 222 Å². The van der Waals surface area contributed by atoms with Crippen LogP contribution in [0.1, 0.15) is 77.2 Å². The van der Waals surface area contributed by atoms with E-state index in [-0.39, 0.29) is 5.41 Å². The first-order valence-electron chi connectivity index (χ1n) is 14.0. The van der Waals surface area contributed by atoms with Crippen LogP contribution in [0.15, 0.2) is 36.4 Å². The summed E-state index contributed by atoms with van der Waals surface area (Å²) < 4.78 is 0. The van der Waals surface area contributed by atoms with Crippen molar-refractivity contribution in [2.45, 2.75) is 83.1 Å². The van der Waals surface area contributed by atoms with Gasteiger partial charge < -0.3 is 20.4 Å². The van der Waals surface area contributed by atoms with Gasteiger partial charge in [0.2, 0.25) is 5.95 Å². The molecule has 2 N–H and O–H groups in total. The van der Waals surface area contributed by atoms with E-state index in [2.05, 4.69) is 70.7 Å². The van der Waals surface area contributed by atoms with E-state index in [0.29, 0.717) is 17.1 Å². The van der Waals surface area contributed by atoms with Crippen molar-refractivity contribution in [3.8, 4) is 0 Å². The van der Waals surface area contributed by atoms with Crippen molar-refractivity contribution < 1.29 is 0 Å². The number of hydrogen-bond donors (Lipinski definition) is 2. The zero-order chi connectivity index (χ0) is 25.0. The largest absolute Gasteiger partial charge is 0.361 e. The van der Waals surface area contributed by atoms with Crippen molar-refractivity contribution in [1.29, 1.82) is 0 Å². The number of aromatic nitrogens is 2. The summed E-state index contributed by atoms with van der Waals surface area (Å²) in [4.78, 5) is 14.8. The highest BCUT2D eigenvalue weighted by atomic mass is 32.1. The van der Waals surface area contributed by atoms with E-state index in [1.807, 2.05) is 0 Å². The number of nitrogens with zero attached hydrogens (tertiary/aromatic N) is 4. The Morgan fingerprint density at radius 1 is 0.944 bits per heavy atom. The summed E-state index contributed by atoms with van der Waals surface area (Å²) in [6.07, 6.45) is 11.1. The average Bonchev–Trinajstić information content (AvgIpc) is 3.39. The van der Waals surface area contributed by atoms with E-state index >= 15 is 0 Å². The molecule has 6 nitrogen and oxygen atoms in total. The number of thiocarbonyl (C=S) groups is 1. The Hall–Kier alpha value is -2.41. The Morgan fingerprint density at radius 2 is 1.67 bits per heavy atom. The molecule has 7 heteroatoms. The lowest BCUT2D eigenvalue weighted by molar-refractivity contribution is 0.435. The summed E-state index contributed by atoms with van der Waals surface area (Å²) >= 11 is 5.78. The van der Waals surface area contributed by atoms with Gasteiger partial charge in [0, 0.05) is 43.7 Å². The monoisotopic (exact) mass is 506 g/mol. The van der Waals surface area contributed by atoms with E-state index in [4.69, 9.17) is 22.2 Å². The van der Waals surface area contributed by atoms with Crippen LogP contribution in [0.2, 0.25) is 0 Å². The summed E-state index contributed by atoms with van der Waals surface area (Å²) in [7, 11) is 0. The molecule has 5 rings (SSSR count). The molecule has 3 heterocycles. The third-order valence-electron chi connectivity index (χ3n) is 8.66. The van der Waals surface area contributed by atoms with Gasteiger partial charge >= 0.3 is 0 Å². The number of hydrogen-bond acceptors (Lipinski definition) is 5. The van der Waals surface area contributed by atoms with Crippen LogP contribution in [0.3, 0.4) is 0 Å². The Kier molecular flexibility index (Phi) is 7.94. The third-order valence-corrected chi connectivity index (χ3v) is 8.91. The minimum absolute atomic E-state index is 0.147. The van der Waals surface area contributed by atoms with Crippen LogP contribution < -0.4 is 20.4 Å². The SMILES string of the molecule is CC1CCN(c2cc(N3CCCCC3C)nc(NC(=S)NCC3(c4ccccc4)CCCC3)n2)CC1. The predicted molar refractivity (Wildman–Crippen MR) is 154 cm³/mol. The van der Waals surface area contributed by atoms with Crippen LogP contribution in [-0.2, 0) is 5.41 Å². The highest BCUT2D eigenvalue weighted by molar-refractivity contribution is 7.80. The molecule has 0 radical (unpaired) electrons. The van der Waals surface area contributed by atoms with Gasteiger partial charge in [-0.2, -0.15) is 9.97 Å². The normalized spacial score (nSPS) is 22.4. The summed E-state index contributed by atoms with van der Waals surface area (Å²) in [5, 5.41) is 7.51. The lowest BCUT2D eigenvalue weighted by atomic mass is 9.79. The minimum Gasteiger partial charge on any atom is -0.361 e. The zero-order valence-corrected chi connectivity index (χ0v) is 22.8. The molecule has 1 atom stereocenters. The molecule has 2 aromatic rings. The highest BCUT2D eigenvalue weighted by Crippen LogP contribution is 2.40. The fourth-order valence-corrected chi connectivity index (χ4v) is 6.43. The number of anilines is 3. The number of benzene rings is 1. The van der Waals surface area contributed by atoms with Gasteiger partial charge in [0.05, 0.1) is 0 Å². The molecule has 36 heavy (non-hydrogen) atoms. The van der Waals surface area contributed by atoms with Crippen LogP contribution in [0.25, 0.3) is 0 Å². The van der Waals surface area contributed by atoms with Gasteiger partial charge in [0.25, 0.3) is 0 Å². The van der Waals surface area contributed by atoms with E-state index in [0.717, 1.165) is 43.7 Å². The summed E-state index contributed by atoms with van der Waals surface area (Å²) in [6, 6.07) is 13.6. The lowest BCUT2D eigenvalue weighted by Crippen LogP contribution is -2.41. The van der Waals surface area contributed by atoms with Crippen molar-refractivity contribution in [2.75, 3.05) is 41.3 Å². The fourth-order valence-electron chi connectivity index (χ4n) is 6.27. The first-order chi connectivity index (χ1) is 17.5. The molecule has 1 saturated carbocycles. The second kappa shape index (κ2) is 11.3. The van der Waals surface area contributed by atoms with Gasteiger partial charge in [-0.3, -0.25) is 0 Å². The van der Waals surface area contributed by atoms with Crippen LogP contribution in [0.4, 0.5) is 17.6 Å². The van der Waals surface area contributed by atoms with Gasteiger partial charge in [-0.25, -0.2) is 0 Å². The highest BCUT2D eigenvalue weighted by Gasteiger charge is 2.35. The molecule has 2 saturated heterocycles. The zero-order valence-electron chi connectivity index (χ0n) is 22.0. The maximum absolute atomic E-state index is 5.78. The van der Waals surface area contributed by atoms with E-state index in [1.165, 1.54) is 63.4 Å². The predicted octanol–water partition coefficient (Wildman–Crippen LogP) is 5.89. The van der Waals surface area contributed by atoms with Crippen LogP contribution in [0, 0.1) is 5.92 Å². The maximum Gasteiger partial charge on any atom is 0.232 e. The van der Waals surface area contributed by atoms with Crippen molar-refractivity contribution in [3.05, 3.63) is 42.0 Å². The number of nitrogens with one attached hydrogen (secondary N) is 2. The Balaban J connectivity index is 1.32. The van der Waals surface area contributed by atoms with Gasteiger partial charge in [-0.15, -0.1) is 0 Å². The first kappa shape index (κ1) is 25.2. The summed E-state index contributed by atoms with van der Waals surface area (Å²) in [6.45, 7) is 8.65. The van der Waals surface area contributed by atoms with Crippen molar-refractivity contribution >= 4 is 34.9 Å². The third kappa shape index (κ3) is 5.77. The molecular formula is C29H42N6S. The summed E-state index contributed by atoms with van der Waals surface area (Å²) in [5.41, 5.74) is 1.56. The Bertz CT molecular complexity index is 1010. The van der Waals surface area contributed by atoms with Crippen LogP contribution in [-0.4, -0.2) is 47.3 Å². The first-order valence-corrected chi connectivity index (χ1v) is 14.4. The molecule has 3 fully saturated rings. The van der Waals surface area contributed by atoms with Crippen molar-refractivity contribution in [2.24, 2.45) is 5.92 Å². The van der Waals surface area contributed by atoms with Crippen molar-refractivity contribution in [1.82, 2.24) is 15.3 Å². The molecule has 1 unspecified atom stereocenters. The van der Waals surface area contributed by atoms with Crippen LogP contribution >= 0.6 is 12.2 Å². The molecule has 0 spiro atoms. The lowest BCUT2D eigenvalue weighted by Gasteiger charge is -2.36. The smallest absolute Gasteiger partial charge is 0.232 e. The molecule has 1 aromatic heterocycles. The van der Waals surface area contributed by atoms with E-state index < -0.39 is 0 Å². The molecule has 194 valence electrons. The van der Waals surface area contributed by atoms with Crippen molar-refractivity contribution in [3.63, 3.8) is 0 Å². The van der Waals surface area contributed by atoms with Crippen LogP contribution in [0.5, 0.6) is 0 Å². The molecule has 0 bridgehead atoms. The van der Waals surface area contributed by atoms with Gasteiger partial charge in [0.1, 0.15) is 11.6 Å². The summed E-state index contributed by atoms with van der Waals surface area (Å²) in [5.74, 6) is 3.43. The fraction of sp³-hybridized carbons (Fsp3) is 0.621. The minimum atomic E-state index is 0.147. The quantitative estimate of drug-likeness (QED) is 0.474. The number of rotatable bonds is 6. The topological polar surface area (TPSA) is 56.3 Å². The average molecular weight is 507 g/mol. The van der Waals surface area contributed by atoms with Gasteiger partial charge in [-0.05, 0) is 75.6 Å². The second-order valence-corrected chi connectivity index (χ2v) is 11.7. The molecule has 1 aliphatic carbocycles.